The van der Waals surface area contributed by atoms with Crippen LogP contribution in [0, 0.1) is 6.92 Å². The number of nitrogens with one attached hydrogen (secondary N) is 1. The first-order chi connectivity index (χ1) is 13.3. The van der Waals surface area contributed by atoms with Crippen molar-refractivity contribution in [3.63, 3.8) is 0 Å². The number of hydrogen-bond acceptors (Lipinski definition) is 4. The van der Waals surface area contributed by atoms with Crippen LogP contribution in [0.1, 0.15) is 25.3 Å². The van der Waals surface area contributed by atoms with Crippen molar-refractivity contribution in [3.8, 4) is 5.75 Å². The van der Waals surface area contributed by atoms with E-state index in [1.54, 1.807) is 36.1 Å². The minimum Gasteiger partial charge on any atom is -0.481 e. The van der Waals surface area contributed by atoms with Crippen molar-refractivity contribution in [2.24, 2.45) is 0 Å². The molecule has 6 nitrogen and oxygen atoms in total. The molecule has 28 heavy (non-hydrogen) atoms. The number of carbonyl (C=O) groups is 1. The van der Waals surface area contributed by atoms with Gasteiger partial charge in [-0.3, -0.25) is 4.79 Å². The van der Waals surface area contributed by atoms with Gasteiger partial charge in [0.15, 0.2) is 6.10 Å². The van der Waals surface area contributed by atoms with Crippen LogP contribution >= 0.6 is 0 Å². The molecule has 150 valence electrons. The highest BCUT2D eigenvalue weighted by atomic mass is 32.2. The molecule has 1 saturated heterocycles. The molecule has 1 amide bonds. The summed E-state index contributed by atoms with van der Waals surface area (Å²) < 4.78 is 33.5. The standard InChI is InChI=1S/C21H26N2O4S/c1-16-8-10-20(11-9-16)28(25,26)22-18-12-14-23(15-13-18)21(24)17(2)27-19-6-4-3-5-7-19/h3-11,17-18,22H,12-15H2,1-2H3/t17-/m1/s1. The van der Waals surface area contributed by atoms with Gasteiger partial charge in [-0.25, -0.2) is 13.1 Å². The van der Waals surface area contributed by atoms with Crippen molar-refractivity contribution in [2.45, 2.75) is 43.7 Å². The van der Waals surface area contributed by atoms with Gasteiger partial charge >= 0.3 is 0 Å². The predicted octanol–water partition coefficient (Wildman–Crippen LogP) is 2.73. The molecule has 7 heteroatoms. The summed E-state index contributed by atoms with van der Waals surface area (Å²) in [6, 6.07) is 15.8. The number of aryl methyl sites for hydroxylation is 1. The van der Waals surface area contributed by atoms with Gasteiger partial charge in [0.2, 0.25) is 10.0 Å². The summed E-state index contributed by atoms with van der Waals surface area (Å²) in [4.78, 5) is 14.6. The van der Waals surface area contributed by atoms with E-state index in [4.69, 9.17) is 4.74 Å². The van der Waals surface area contributed by atoms with Crippen LogP contribution < -0.4 is 9.46 Å². The van der Waals surface area contributed by atoms with Crippen molar-refractivity contribution in [1.82, 2.24) is 9.62 Å². The molecule has 1 aliphatic rings. The topological polar surface area (TPSA) is 75.7 Å². The third-order valence-electron chi connectivity index (χ3n) is 4.86. The third kappa shape index (κ3) is 5.11. The second-order valence-corrected chi connectivity index (χ2v) is 8.82. The summed E-state index contributed by atoms with van der Waals surface area (Å²) in [6.45, 7) is 4.66. The minimum absolute atomic E-state index is 0.0799. The van der Waals surface area contributed by atoms with E-state index in [1.165, 1.54) is 0 Å². The number of piperidine rings is 1. The first-order valence-corrected chi connectivity index (χ1v) is 10.9. The molecule has 0 unspecified atom stereocenters. The fourth-order valence-electron chi connectivity index (χ4n) is 3.23. The monoisotopic (exact) mass is 402 g/mol. The number of benzene rings is 2. The number of hydrogen-bond donors (Lipinski definition) is 1. The molecule has 0 saturated carbocycles. The average Bonchev–Trinajstić information content (AvgIpc) is 2.69. The lowest BCUT2D eigenvalue weighted by molar-refractivity contribution is -0.139. The first kappa shape index (κ1) is 20.4. The van der Waals surface area contributed by atoms with E-state index < -0.39 is 16.1 Å². The predicted molar refractivity (Wildman–Crippen MR) is 108 cm³/mol. The molecule has 0 spiro atoms. The number of rotatable bonds is 6. The lowest BCUT2D eigenvalue weighted by Crippen LogP contribution is -2.49. The number of nitrogens with zero attached hydrogens (tertiary/aromatic N) is 1. The number of likely N-dealkylation sites (tertiary alicyclic amines) is 1. The lowest BCUT2D eigenvalue weighted by atomic mass is 10.1. The fourth-order valence-corrected chi connectivity index (χ4v) is 4.54. The molecule has 0 radical (unpaired) electrons. The summed E-state index contributed by atoms with van der Waals surface area (Å²) in [5.41, 5.74) is 1.01. The second-order valence-electron chi connectivity index (χ2n) is 7.11. The number of sulfonamides is 1. The van der Waals surface area contributed by atoms with Crippen molar-refractivity contribution in [3.05, 3.63) is 60.2 Å². The van der Waals surface area contributed by atoms with E-state index in [9.17, 15) is 13.2 Å². The van der Waals surface area contributed by atoms with Crippen molar-refractivity contribution in [1.29, 1.82) is 0 Å². The van der Waals surface area contributed by atoms with Gasteiger partial charge in [0.05, 0.1) is 4.90 Å². The zero-order valence-corrected chi connectivity index (χ0v) is 17.0. The van der Waals surface area contributed by atoms with Gasteiger partial charge in [-0.15, -0.1) is 0 Å². The van der Waals surface area contributed by atoms with Crippen LogP contribution in [0.15, 0.2) is 59.5 Å². The van der Waals surface area contributed by atoms with E-state index in [-0.39, 0.29) is 16.8 Å². The molecular weight excluding hydrogens is 376 g/mol. The molecule has 2 aromatic rings. The molecule has 0 aliphatic carbocycles. The second kappa shape index (κ2) is 8.75. The first-order valence-electron chi connectivity index (χ1n) is 9.44. The van der Waals surface area contributed by atoms with Gasteiger partial charge in [-0.2, -0.15) is 0 Å². The van der Waals surface area contributed by atoms with Crippen LogP contribution in [0.3, 0.4) is 0 Å². The average molecular weight is 403 g/mol. The molecule has 1 fully saturated rings. The maximum Gasteiger partial charge on any atom is 0.263 e. The van der Waals surface area contributed by atoms with Gasteiger partial charge in [-0.1, -0.05) is 35.9 Å². The molecule has 3 rings (SSSR count). The van der Waals surface area contributed by atoms with Crippen LogP contribution in [-0.4, -0.2) is 44.5 Å². The van der Waals surface area contributed by atoms with E-state index >= 15 is 0 Å². The third-order valence-corrected chi connectivity index (χ3v) is 6.40. The van der Waals surface area contributed by atoms with Gasteiger partial charge in [0.1, 0.15) is 5.75 Å². The van der Waals surface area contributed by atoms with Crippen LogP contribution in [0.4, 0.5) is 0 Å². The summed E-state index contributed by atoms with van der Waals surface area (Å²) in [7, 11) is -3.55. The van der Waals surface area contributed by atoms with Crippen molar-refractivity contribution < 1.29 is 17.9 Å². The Labute approximate surface area is 166 Å². The van der Waals surface area contributed by atoms with E-state index in [0.29, 0.717) is 31.7 Å². The molecular formula is C21H26N2O4S. The Morgan fingerprint density at radius 1 is 1.07 bits per heavy atom. The number of ether oxygens (including phenoxy) is 1. The van der Waals surface area contributed by atoms with Gasteiger partial charge in [0.25, 0.3) is 5.91 Å². The van der Waals surface area contributed by atoms with Gasteiger partial charge < -0.3 is 9.64 Å². The number of amides is 1. The maximum atomic E-state index is 12.6. The quantitative estimate of drug-likeness (QED) is 0.806. The molecule has 1 aliphatic heterocycles. The summed E-state index contributed by atoms with van der Waals surface area (Å²) in [5.74, 6) is 0.577. The normalized spacial score (nSPS) is 16.6. The Hall–Kier alpha value is -2.38. The summed E-state index contributed by atoms with van der Waals surface area (Å²) in [6.07, 6.45) is 0.576. The van der Waals surface area contributed by atoms with Gasteiger partial charge in [0, 0.05) is 19.1 Å². The molecule has 1 heterocycles. The Balaban J connectivity index is 1.52. The Morgan fingerprint density at radius 3 is 2.29 bits per heavy atom. The fraction of sp³-hybridized carbons (Fsp3) is 0.381. The lowest BCUT2D eigenvalue weighted by Gasteiger charge is -2.33. The van der Waals surface area contributed by atoms with E-state index in [2.05, 4.69) is 4.72 Å². The number of para-hydroxylation sites is 1. The van der Waals surface area contributed by atoms with Crippen LogP contribution in [-0.2, 0) is 14.8 Å². The Bertz CT molecular complexity index is 890. The molecule has 0 bridgehead atoms. The molecule has 1 N–H and O–H groups in total. The Morgan fingerprint density at radius 2 is 1.68 bits per heavy atom. The zero-order chi connectivity index (χ0) is 20.1. The van der Waals surface area contributed by atoms with E-state index in [1.807, 2.05) is 37.3 Å². The van der Waals surface area contributed by atoms with Crippen LogP contribution in [0.5, 0.6) is 5.75 Å². The molecule has 0 aromatic heterocycles. The molecule has 1 atom stereocenters. The zero-order valence-electron chi connectivity index (χ0n) is 16.2. The summed E-state index contributed by atoms with van der Waals surface area (Å²) >= 11 is 0. The SMILES string of the molecule is Cc1ccc(S(=O)(=O)NC2CCN(C(=O)[C@@H](C)Oc3ccccc3)CC2)cc1. The van der Waals surface area contributed by atoms with Crippen LogP contribution in [0.25, 0.3) is 0 Å². The molecule has 2 aromatic carbocycles. The van der Waals surface area contributed by atoms with Crippen molar-refractivity contribution >= 4 is 15.9 Å². The summed E-state index contributed by atoms with van der Waals surface area (Å²) in [5, 5.41) is 0. The smallest absolute Gasteiger partial charge is 0.263 e. The Kier molecular flexibility index (Phi) is 6.36. The largest absolute Gasteiger partial charge is 0.481 e. The highest BCUT2D eigenvalue weighted by Crippen LogP contribution is 2.18. The number of carbonyl (C=O) groups excluding carboxylic acids is 1. The van der Waals surface area contributed by atoms with Crippen LogP contribution in [0.2, 0.25) is 0 Å². The highest BCUT2D eigenvalue weighted by Gasteiger charge is 2.29. The van der Waals surface area contributed by atoms with Gasteiger partial charge in [-0.05, 0) is 51.0 Å². The van der Waals surface area contributed by atoms with E-state index in [0.717, 1.165) is 5.56 Å². The van der Waals surface area contributed by atoms with Crippen molar-refractivity contribution in [2.75, 3.05) is 13.1 Å². The highest BCUT2D eigenvalue weighted by molar-refractivity contribution is 7.89. The maximum absolute atomic E-state index is 12.6. The minimum atomic E-state index is -3.55.